The number of benzene rings is 1. The molecule has 0 aliphatic rings. The van der Waals surface area contributed by atoms with E-state index in [0.29, 0.717) is 0 Å². The summed E-state index contributed by atoms with van der Waals surface area (Å²) in [4.78, 5) is 3.92. The second kappa shape index (κ2) is 3.95. The summed E-state index contributed by atoms with van der Waals surface area (Å²) in [5, 5.41) is 18.2. The van der Waals surface area contributed by atoms with Gasteiger partial charge in [-0.1, -0.05) is 17.3 Å². The van der Waals surface area contributed by atoms with Gasteiger partial charge >= 0.3 is 0 Å². The predicted octanol–water partition coefficient (Wildman–Crippen LogP) is 1.37. The van der Waals surface area contributed by atoms with E-state index in [0.717, 1.165) is 16.6 Å². The third kappa shape index (κ3) is 1.66. The van der Waals surface area contributed by atoms with Gasteiger partial charge in [0.25, 0.3) is 0 Å². The van der Waals surface area contributed by atoms with Gasteiger partial charge < -0.3 is 5.11 Å². The molecule has 1 N–H and O–H groups in total. The minimum absolute atomic E-state index is 0.732. The topological polar surface area (TPSA) is 63.8 Å². The summed E-state index contributed by atoms with van der Waals surface area (Å²) in [6, 6.07) is 11.0. The molecule has 0 spiro atoms. The van der Waals surface area contributed by atoms with Crippen molar-refractivity contribution >= 4 is 11.0 Å². The first-order chi connectivity index (χ1) is 8.36. The molecule has 0 saturated carbocycles. The summed E-state index contributed by atoms with van der Waals surface area (Å²) < 4.78 is 1.49. The van der Waals surface area contributed by atoms with E-state index in [-0.39, 0.29) is 0 Å². The predicted molar refractivity (Wildman–Crippen MR) is 62.1 cm³/mol. The minimum Gasteiger partial charge on any atom is -0.368 e. The van der Waals surface area contributed by atoms with Crippen molar-refractivity contribution in [3.63, 3.8) is 0 Å². The summed E-state index contributed by atoms with van der Waals surface area (Å²) in [7, 11) is 0. The highest BCUT2D eigenvalue weighted by Gasteiger charge is 2.13. The number of rotatable bonds is 2. The standard InChI is InChI=1S/C12H10N4O/c17-12(9-5-7-13-8-6-9)16-11-4-2-1-3-10(11)14-15-16/h1-8,12,17H. The van der Waals surface area contributed by atoms with Gasteiger partial charge in [-0.3, -0.25) is 4.98 Å². The Labute approximate surface area is 97.3 Å². The first-order valence-corrected chi connectivity index (χ1v) is 5.24. The highest BCUT2D eigenvalue weighted by atomic mass is 16.3. The highest BCUT2D eigenvalue weighted by molar-refractivity contribution is 5.74. The zero-order valence-corrected chi connectivity index (χ0v) is 8.93. The zero-order chi connectivity index (χ0) is 11.7. The van der Waals surface area contributed by atoms with Crippen LogP contribution in [0.3, 0.4) is 0 Å². The fraction of sp³-hybridized carbons (Fsp3) is 0.0833. The number of fused-ring (bicyclic) bond motifs is 1. The van der Waals surface area contributed by atoms with Crippen molar-refractivity contribution in [2.75, 3.05) is 0 Å². The van der Waals surface area contributed by atoms with Gasteiger partial charge in [0.1, 0.15) is 5.52 Å². The van der Waals surface area contributed by atoms with Crippen LogP contribution in [0.5, 0.6) is 0 Å². The van der Waals surface area contributed by atoms with E-state index < -0.39 is 6.23 Å². The lowest BCUT2D eigenvalue weighted by Crippen LogP contribution is -2.11. The number of aliphatic hydroxyl groups excluding tert-OH is 1. The Hall–Kier alpha value is -2.27. The van der Waals surface area contributed by atoms with E-state index in [1.54, 1.807) is 24.5 Å². The highest BCUT2D eigenvalue weighted by Crippen LogP contribution is 2.18. The summed E-state index contributed by atoms with van der Waals surface area (Å²) in [5.41, 5.74) is 2.30. The lowest BCUT2D eigenvalue weighted by molar-refractivity contribution is 0.134. The number of aromatic nitrogens is 4. The summed E-state index contributed by atoms with van der Waals surface area (Å²) in [5.74, 6) is 0. The Balaban J connectivity index is 2.10. The molecule has 3 aromatic rings. The van der Waals surface area contributed by atoms with Gasteiger partial charge in [-0.15, -0.1) is 5.10 Å². The largest absolute Gasteiger partial charge is 0.368 e. The van der Waals surface area contributed by atoms with Gasteiger partial charge in [-0.05, 0) is 24.3 Å². The van der Waals surface area contributed by atoms with Crippen LogP contribution in [-0.2, 0) is 0 Å². The monoisotopic (exact) mass is 226 g/mol. The van der Waals surface area contributed by atoms with Crippen LogP contribution in [0.4, 0.5) is 0 Å². The molecule has 5 heteroatoms. The number of nitrogens with zero attached hydrogens (tertiary/aromatic N) is 4. The summed E-state index contributed by atoms with van der Waals surface area (Å²) in [6.07, 6.45) is 2.43. The Bertz CT molecular complexity index is 635. The van der Waals surface area contributed by atoms with E-state index >= 15 is 0 Å². The van der Waals surface area contributed by atoms with Crippen LogP contribution in [-0.4, -0.2) is 25.1 Å². The molecule has 84 valence electrons. The molecule has 5 nitrogen and oxygen atoms in total. The summed E-state index contributed by atoms with van der Waals surface area (Å²) in [6.45, 7) is 0. The van der Waals surface area contributed by atoms with Crippen LogP contribution in [0, 0.1) is 0 Å². The SMILES string of the molecule is OC(c1ccncc1)n1nnc2ccccc21. The first-order valence-electron chi connectivity index (χ1n) is 5.24. The lowest BCUT2D eigenvalue weighted by Gasteiger charge is -2.11. The van der Waals surface area contributed by atoms with E-state index in [4.69, 9.17) is 0 Å². The molecule has 3 rings (SSSR count). The zero-order valence-electron chi connectivity index (χ0n) is 8.93. The van der Waals surface area contributed by atoms with E-state index in [1.807, 2.05) is 24.3 Å². The maximum absolute atomic E-state index is 10.2. The molecule has 0 aliphatic heterocycles. The quantitative estimate of drug-likeness (QED) is 0.716. The second-order valence-electron chi connectivity index (χ2n) is 3.68. The molecular weight excluding hydrogens is 216 g/mol. The summed E-state index contributed by atoms with van der Waals surface area (Å²) >= 11 is 0. The van der Waals surface area contributed by atoms with Crippen LogP contribution < -0.4 is 0 Å². The molecule has 0 bridgehead atoms. The van der Waals surface area contributed by atoms with Crippen molar-refractivity contribution in [3.8, 4) is 0 Å². The molecular formula is C12H10N4O. The van der Waals surface area contributed by atoms with E-state index in [1.165, 1.54) is 4.68 Å². The molecule has 1 aromatic carbocycles. The minimum atomic E-state index is -0.842. The van der Waals surface area contributed by atoms with Crippen molar-refractivity contribution in [2.45, 2.75) is 6.23 Å². The van der Waals surface area contributed by atoms with Gasteiger partial charge in [0.05, 0.1) is 5.52 Å². The van der Waals surface area contributed by atoms with Crippen LogP contribution in [0.1, 0.15) is 11.8 Å². The maximum atomic E-state index is 10.2. The fourth-order valence-corrected chi connectivity index (χ4v) is 1.74. The molecule has 0 saturated heterocycles. The molecule has 0 amide bonds. The maximum Gasteiger partial charge on any atom is 0.175 e. The van der Waals surface area contributed by atoms with E-state index in [9.17, 15) is 5.11 Å². The third-order valence-electron chi connectivity index (χ3n) is 2.61. The molecule has 0 radical (unpaired) electrons. The van der Waals surface area contributed by atoms with Gasteiger partial charge in [-0.25, -0.2) is 4.68 Å². The Kier molecular flexibility index (Phi) is 2.31. The molecule has 2 aromatic heterocycles. The van der Waals surface area contributed by atoms with Crippen LogP contribution in [0.25, 0.3) is 11.0 Å². The van der Waals surface area contributed by atoms with Gasteiger partial charge in [-0.2, -0.15) is 0 Å². The molecule has 17 heavy (non-hydrogen) atoms. The van der Waals surface area contributed by atoms with Crippen LogP contribution in [0.2, 0.25) is 0 Å². The molecule has 0 aliphatic carbocycles. The second-order valence-corrected chi connectivity index (χ2v) is 3.68. The number of hydrogen-bond acceptors (Lipinski definition) is 4. The van der Waals surface area contributed by atoms with Crippen LogP contribution in [0.15, 0.2) is 48.8 Å². The van der Waals surface area contributed by atoms with Crippen molar-refractivity contribution < 1.29 is 5.11 Å². The van der Waals surface area contributed by atoms with Gasteiger partial charge in [0, 0.05) is 18.0 Å². The van der Waals surface area contributed by atoms with Gasteiger partial charge in [0.2, 0.25) is 0 Å². The number of hydrogen-bond donors (Lipinski definition) is 1. The van der Waals surface area contributed by atoms with Crippen molar-refractivity contribution in [3.05, 3.63) is 54.4 Å². The number of pyridine rings is 1. The average Bonchev–Trinajstić information content (AvgIpc) is 2.83. The lowest BCUT2D eigenvalue weighted by atomic mass is 10.2. The Morgan fingerprint density at radius 1 is 1.06 bits per heavy atom. The number of para-hydroxylation sites is 1. The molecule has 0 fully saturated rings. The van der Waals surface area contributed by atoms with Crippen LogP contribution >= 0.6 is 0 Å². The van der Waals surface area contributed by atoms with Crippen molar-refractivity contribution in [1.82, 2.24) is 20.0 Å². The Morgan fingerprint density at radius 2 is 1.82 bits per heavy atom. The normalized spacial score (nSPS) is 12.8. The van der Waals surface area contributed by atoms with Crippen molar-refractivity contribution in [2.24, 2.45) is 0 Å². The first kappa shape index (κ1) is 9.92. The van der Waals surface area contributed by atoms with Gasteiger partial charge in [0.15, 0.2) is 6.23 Å². The van der Waals surface area contributed by atoms with E-state index in [2.05, 4.69) is 15.3 Å². The average molecular weight is 226 g/mol. The van der Waals surface area contributed by atoms with Crippen molar-refractivity contribution in [1.29, 1.82) is 0 Å². The third-order valence-corrected chi connectivity index (χ3v) is 2.61. The molecule has 1 unspecified atom stereocenters. The fourth-order valence-electron chi connectivity index (χ4n) is 1.74. The molecule has 2 heterocycles. The number of aliphatic hydroxyl groups is 1. The smallest absolute Gasteiger partial charge is 0.175 e. The molecule has 1 atom stereocenters. The Morgan fingerprint density at radius 3 is 2.65 bits per heavy atom.